The van der Waals surface area contributed by atoms with E-state index >= 15 is 0 Å². The second kappa shape index (κ2) is 5.08. The maximum absolute atomic E-state index is 12.7. The van der Waals surface area contributed by atoms with E-state index in [1.165, 1.54) is 30.7 Å². The molecule has 0 aliphatic heterocycles. The summed E-state index contributed by atoms with van der Waals surface area (Å²) < 4.78 is 18.1. The summed E-state index contributed by atoms with van der Waals surface area (Å²) >= 11 is 0. The number of halogens is 1. The van der Waals surface area contributed by atoms with Crippen LogP contribution in [0, 0.1) is 23.6 Å². The van der Waals surface area contributed by atoms with E-state index in [9.17, 15) is 4.39 Å². The molecule has 1 radical (unpaired) electrons. The van der Waals surface area contributed by atoms with Gasteiger partial charge in [-0.3, -0.25) is 0 Å². The highest BCUT2D eigenvalue weighted by Crippen LogP contribution is 2.19. The Bertz CT molecular complexity index is 546. The Morgan fingerprint density at radius 1 is 1.18 bits per heavy atom. The van der Waals surface area contributed by atoms with Gasteiger partial charge in [0.25, 0.3) is 0 Å². The molecule has 3 nitrogen and oxygen atoms in total. The lowest BCUT2D eigenvalue weighted by Gasteiger charge is -2.04. The maximum atomic E-state index is 12.7. The highest BCUT2D eigenvalue weighted by Gasteiger charge is 2.01. The van der Waals surface area contributed by atoms with Gasteiger partial charge in [-0.15, -0.1) is 0 Å². The van der Waals surface area contributed by atoms with Crippen LogP contribution in [0.25, 0.3) is 0 Å². The molecular formula is C13H8FN2O. The molecule has 83 valence electrons. The molecule has 2 rings (SSSR count). The van der Waals surface area contributed by atoms with Gasteiger partial charge in [-0.2, -0.15) is 5.26 Å². The summed E-state index contributed by atoms with van der Waals surface area (Å²) in [6, 6.07) is 12.6. The first kappa shape index (κ1) is 11.1. The van der Waals surface area contributed by atoms with E-state index in [2.05, 4.69) is 4.98 Å². The van der Waals surface area contributed by atoms with Crippen molar-refractivity contribution >= 4 is 0 Å². The van der Waals surface area contributed by atoms with E-state index in [1.807, 2.05) is 6.07 Å². The van der Waals surface area contributed by atoms with Crippen molar-refractivity contribution in [2.45, 2.75) is 0 Å². The van der Waals surface area contributed by atoms with Crippen LogP contribution in [0.1, 0.15) is 5.69 Å². The molecule has 0 aliphatic rings. The number of rotatable bonds is 3. The molecule has 1 aromatic carbocycles. The summed E-state index contributed by atoms with van der Waals surface area (Å²) in [7, 11) is 0. The fraction of sp³-hybridized carbons (Fsp3) is 0. The van der Waals surface area contributed by atoms with Crippen molar-refractivity contribution in [3.05, 3.63) is 60.4 Å². The molecule has 0 unspecified atom stereocenters. The third-order valence-corrected chi connectivity index (χ3v) is 1.99. The summed E-state index contributed by atoms with van der Waals surface area (Å²) in [4.78, 5) is 4.09. The molecule has 0 fully saturated rings. The molecule has 0 spiro atoms. The largest absolute Gasteiger partial charge is 0.439 e. The first-order chi connectivity index (χ1) is 8.28. The van der Waals surface area contributed by atoms with E-state index in [-0.39, 0.29) is 5.82 Å². The summed E-state index contributed by atoms with van der Waals surface area (Å²) in [5, 5.41) is 8.50. The lowest BCUT2D eigenvalue weighted by Crippen LogP contribution is -1.91. The average molecular weight is 227 g/mol. The summed E-state index contributed by atoms with van der Waals surface area (Å²) in [5.74, 6) is 0.533. The number of benzene rings is 1. The Hall–Kier alpha value is -2.41. The number of nitrogens with zero attached hydrogens (tertiary/aromatic N) is 2. The molecule has 2 aromatic rings. The van der Waals surface area contributed by atoms with Crippen LogP contribution >= 0.6 is 0 Å². The predicted octanol–water partition coefficient (Wildman–Crippen LogP) is 3.09. The number of hydrogen-bond donors (Lipinski definition) is 0. The van der Waals surface area contributed by atoms with Crippen LogP contribution in [0.4, 0.5) is 4.39 Å². The molecular weight excluding hydrogens is 219 g/mol. The van der Waals surface area contributed by atoms with E-state index in [4.69, 9.17) is 10.00 Å². The Labute approximate surface area is 98.1 Å². The monoisotopic (exact) mass is 227 g/mol. The normalized spacial score (nSPS) is 9.65. The van der Waals surface area contributed by atoms with Crippen molar-refractivity contribution < 1.29 is 9.13 Å². The molecule has 0 atom stereocenters. The van der Waals surface area contributed by atoms with Gasteiger partial charge in [-0.05, 0) is 30.3 Å². The number of ether oxygens (including phenoxy) is 1. The van der Waals surface area contributed by atoms with Crippen LogP contribution in [-0.4, -0.2) is 4.98 Å². The molecule has 0 bridgehead atoms. The lowest BCUT2D eigenvalue weighted by molar-refractivity contribution is 0.460. The van der Waals surface area contributed by atoms with E-state index in [0.717, 1.165) is 0 Å². The van der Waals surface area contributed by atoms with Gasteiger partial charge in [0.05, 0.1) is 11.8 Å². The zero-order chi connectivity index (χ0) is 12.1. The smallest absolute Gasteiger partial charge is 0.219 e. The van der Waals surface area contributed by atoms with Crippen LogP contribution < -0.4 is 4.74 Å². The van der Waals surface area contributed by atoms with Crippen LogP contribution in [0.3, 0.4) is 0 Å². The SMILES string of the molecule is N#C[CH]c1cccc(Oc2ccc(F)cc2)n1. The summed E-state index contributed by atoms with van der Waals surface area (Å²) in [6.07, 6.45) is 1.32. The Morgan fingerprint density at radius 2 is 1.94 bits per heavy atom. The topological polar surface area (TPSA) is 45.9 Å². The van der Waals surface area contributed by atoms with E-state index in [0.29, 0.717) is 17.3 Å². The van der Waals surface area contributed by atoms with E-state index in [1.54, 1.807) is 18.2 Å². The second-order valence-corrected chi connectivity index (χ2v) is 3.23. The van der Waals surface area contributed by atoms with Gasteiger partial charge >= 0.3 is 0 Å². The van der Waals surface area contributed by atoms with Crippen molar-refractivity contribution in [1.82, 2.24) is 4.98 Å². The first-order valence-corrected chi connectivity index (χ1v) is 4.91. The van der Waals surface area contributed by atoms with Crippen molar-refractivity contribution in [2.24, 2.45) is 0 Å². The van der Waals surface area contributed by atoms with Gasteiger partial charge < -0.3 is 4.74 Å². The summed E-state index contributed by atoms with van der Waals surface area (Å²) in [6.45, 7) is 0. The Balaban J connectivity index is 2.16. The molecule has 0 saturated carbocycles. The second-order valence-electron chi connectivity index (χ2n) is 3.23. The van der Waals surface area contributed by atoms with Gasteiger partial charge in [-0.25, -0.2) is 9.37 Å². The maximum Gasteiger partial charge on any atom is 0.219 e. The minimum absolute atomic E-state index is 0.322. The molecule has 17 heavy (non-hydrogen) atoms. The van der Waals surface area contributed by atoms with Crippen molar-refractivity contribution in [1.29, 1.82) is 5.26 Å². The van der Waals surface area contributed by atoms with E-state index < -0.39 is 0 Å². The molecule has 4 heteroatoms. The summed E-state index contributed by atoms with van der Waals surface area (Å²) in [5.41, 5.74) is 0.520. The van der Waals surface area contributed by atoms with Gasteiger partial charge in [0.15, 0.2) is 0 Å². The molecule has 0 amide bonds. The minimum Gasteiger partial charge on any atom is -0.439 e. The fourth-order valence-electron chi connectivity index (χ4n) is 1.26. The number of nitriles is 1. The third-order valence-electron chi connectivity index (χ3n) is 1.99. The predicted molar refractivity (Wildman–Crippen MR) is 59.7 cm³/mol. The Kier molecular flexibility index (Phi) is 3.31. The van der Waals surface area contributed by atoms with Gasteiger partial charge in [-0.1, -0.05) is 6.07 Å². The standard InChI is InChI=1S/C13H8FN2O/c14-10-4-6-12(7-5-10)17-13-3-1-2-11(16-13)8-9-15/h1-8H. The first-order valence-electron chi connectivity index (χ1n) is 4.91. The van der Waals surface area contributed by atoms with Gasteiger partial charge in [0.2, 0.25) is 5.88 Å². The number of aromatic nitrogens is 1. The lowest BCUT2D eigenvalue weighted by atomic mass is 10.3. The number of hydrogen-bond acceptors (Lipinski definition) is 3. The van der Waals surface area contributed by atoms with Gasteiger partial charge in [0.1, 0.15) is 18.0 Å². The molecule has 1 heterocycles. The van der Waals surface area contributed by atoms with Crippen LogP contribution in [-0.2, 0) is 0 Å². The van der Waals surface area contributed by atoms with Crippen molar-refractivity contribution in [3.63, 3.8) is 0 Å². The minimum atomic E-state index is -0.322. The van der Waals surface area contributed by atoms with Crippen molar-refractivity contribution in [2.75, 3.05) is 0 Å². The van der Waals surface area contributed by atoms with Crippen LogP contribution in [0.2, 0.25) is 0 Å². The Morgan fingerprint density at radius 3 is 2.65 bits per heavy atom. The van der Waals surface area contributed by atoms with Crippen LogP contribution in [0.5, 0.6) is 11.6 Å². The highest BCUT2D eigenvalue weighted by molar-refractivity contribution is 5.30. The van der Waals surface area contributed by atoms with Crippen molar-refractivity contribution in [3.8, 4) is 17.7 Å². The quantitative estimate of drug-likeness (QED) is 0.809. The molecule has 0 N–H and O–H groups in total. The fourth-order valence-corrected chi connectivity index (χ4v) is 1.26. The zero-order valence-corrected chi connectivity index (χ0v) is 8.80. The average Bonchev–Trinajstić information content (AvgIpc) is 2.33. The van der Waals surface area contributed by atoms with Crippen LogP contribution in [0.15, 0.2) is 42.5 Å². The third kappa shape index (κ3) is 3.02. The zero-order valence-electron chi connectivity index (χ0n) is 8.80. The molecule has 1 aromatic heterocycles. The number of pyridine rings is 1. The molecule has 0 saturated heterocycles. The highest BCUT2D eigenvalue weighted by atomic mass is 19.1. The van der Waals surface area contributed by atoms with Gasteiger partial charge in [0, 0.05) is 6.07 Å². The molecule has 0 aliphatic carbocycles.